The summed E-state index contributed by atoms with van der Waals surface area (Å²) in [6.07, 6.45) is -7.50. The van der Waals surface area contributed by atoms with Gasteiger partial charge < -0.3 is 71.4 Å². The summed E-state index contributed by atoms with van der Waals surface area (Å²) in [6.45, 7) is 2.18. The minimum atomic E-state index is -4.24. The number of ether oxygens (including phenoxy) is 2. The number of hydrogen-bond donors (Lipinski definition) is 11. The second-order valence-electron chi connectivity index (χ2n) is 16.5. The molecule has 69 heavy (non-hydrogen) atoms. The van der Waals surface area contributed by atoms with Crippen LogP contribution in [0.1, 0.15) is 40.5 Å². The number of sulfonamides is 1. The van der Waals surface area contributed by atoms with Crippen LogP contribution < -0.4 is 36.2 Å². The Balaban J connectivity index is 1.35. The minimum Gasteiger partial charge on any atom is -0.480 e. The van der Waals surface area contributed by atoms with Crippen molar-refractivity contribution in [1.82, 2.24) is 36.2 Å². The Morgan fingerprint density at radius 1 is 0.870 bits per heavy atom. The lowest BCUT2D eigenvalue weighted by atomic mass is 9.96. The smallest absolute Gasteiger partial charge is 0.325 e. The number of carboxylic acid groups (broad SMARTS) is 1. The Hall–Kier alpha value is -6.20. The number of benzene rings is 2. The van der Waals surface area contributed by atoms with Crippen molar-refractivity contribution in [3.63, 3.8) is 0 Å². The van der Waals surface area contributed by atoms with Crippen LogP contribution in [-0.4, -0.2) is 188 Å². The van der Waals surface area contributed by atoms with Gasteiger partial charge in [0, 0.05) is 33.3 Å². The molecule has 0 radical (unpaired) electrons. The highest BCUT2D eigenvalue weighted by atomic mass is 32.2. The van der Waals surface area contributed by atoms with Gasteiger partial charge in [-0.1, -0.05) is 0 Å². The van der Waals surface area contributed by atoms with Gasteiger partial charge in [-0.2, -0.15) is 15.0 Å². The van der Waals surface area contributed by atoms with Crippen LogP contribution in [0.15, 0.2) is 63.7 Å². The number of aliphatic hydroxyl groups excluding tert-OH is 4. The Bertz CT molecular complexity index is 2290. The number of carboxylic acids is 1. The number of carbonyl (C=O) groups is 7. The number of likely N-dealkylation sites (tertiary alicyclic amines) is 1. The van der Waals surface area contributed by atoms with Gasteiger partial charge in [-0.15, -0.1) is 0 Å². The molecule has 2 aliphatic heterocycles. The third-order valence-corrected chi connectivity index (χ3v) is 12.5. The molecular formula is C42H60N10O16S. The van der Waals surface area contributed by atoms with Crippen molar-refractivity contribution in [1.29, 1.82) is 0 Å². The lowest BCUT2D eigenvalue weighted by Gasteiger charge is -2.43. The second kappa shape index (κ2) is 24.9. The molecule has 0 saturated carbocycles. The van der Waals surface area contributed by atoms with E-state index in [1.54, 1.807) is 12.1 Å². The van der Waals surface area contributed by atoms with Crippen molar-refractivity contribution in [3.8, 4) is 0 Å². The number of anilines is 1. The summed E-state index contributed by atoms with van der Waals surface area (Å²) in [6, 6.07) is 3.77. The summed E-state index contributed by atoms with van der Waals surface area (Å²) in [5, 5.41) is 69.8. The highest BCUT2D eigenvalue weighted by Crippen LogP contribution is 2.26. The van der Waals surface area contributed by atoms with Crippen LogP contribution in [0.5, 0.6) is 0 Å². The number of aliphatic carboxylic acids is 1. The molecule has 0 spiro atoms. The first kappa shape index (κ1) is 55.4. The highest BCUT2D eigenvalue weighted by molar-refractivity contribution is 7.89. The summed E-state index contributed by atoms with van der Waals surface area (Å²) in [7, 11) is -0.430. The number of carbonyl (C=O) groups excluding carboxylic acids is 6. The normalized spacial score (nSPS) is 22.6. The van der Waals surface area contributed by atoms with Gasteiger partial charge in [-0.25, -0.2) is 8.42 Å². The topological polar surface area (TPSA) is 377 Å². The maximum Gasteiger partial charge on any atom is 0.325 e. The summed E-state index contributed by atoms with van der Waals surface area (Å²) < 4.78 is 40.2. The minimum absolute atomic E-state index is 0.0902. The molecule has 2 heterocycles. The zero-order valence-electron chi connectivity index (χ0n) is 38.6. The predicted molar refractivity (Wildman–Crippen MR) is 241 cm³/mol. The van der Waals surface area contributed by atoms with Crippen molar-refractivity contribution in [3.05, 3.63) is 48.5 Å². The first-order valence-electron chi connectivity index (χ1n) is 21.7. The van der Waals surface area contributed by atoms with Gasteiger partial charge in [0.25, 0.3) is 0 Å². The van der Waals surface area contributed by atoms with E-state index in [9.17, 15) is 67.5 Å². The van der Waals surface area contributed by atoms with E-state index in [0.717, 1.165) is 19.5 Å². The van der Waals surface area contributed by atoms with Crippen molar-refractivity contribution in [2.75, 3.05) is 45.3 Å². The Morgan fingerprint density at radius 3 is 2.03 bits per heavy atom. The molecule has 2 aromatic carbocycles. The van der Waals surface area contributed by atoms with Gasteiger partial charge in [0.05, 0.1) is 48.2 Å². The highest BCUT2D eigenvalue weighted by Gasteiger charge is 2.47. The Kier molecular flexibility index (Phi) is 20.0. The fraction of sp³-hybridized carbons (Fsp3) is 0.548. The van der Waals surface area contributed by atoms with Crippen LogP contribution in [0.2, 0.25) is 0 Å². The van der Waals surface area contributed by atoms with E-state index in [4.69, 9.17) is 9.47 Å². The molecule has 26 nitrogen and oxygen atoms in total. The molecule has 6 amide bonds. The molecule has 4 rings (SSSR count). The molecule has 11 N–H and O–H groups in total. The molecule has 2 fully saturated rings. The summed E-state index contributed by atoms with van der Waals surface area (Å²) in [5.41, 5.74) is 1.93. The molecule has 11 atom stereocenters. The van der Waals surface area contributed by atoms with Crippen molar-refractivity contribution < 1.29 is 77.0 Å². The molecular weight excluding hydrogens is 933 g/mol. The summed E-state index contributed by atoms with van der Waals surface area (Å²) >= 11 is 0. The number of azo groups is 1. The number of nitrogens with zero attached hydrogens (tertiary/aromatic N) is 4. The van der Waals surface area contributed by atoms with Gasteiger partial charge in [0.15, 0.2) is 6.29 Å². The van der Waals surface area contributed by atoms with Crippen molar-refractivity contribution in [2.24, 2.45) is 10.2 Å². The molecule has 0 aromatic heterocycles. The van der Waals surface area contributed by atoms with Gasteiger partial charge >= 0.3 is 5.97 Å². The van der Waals surface area contributed by atoms with E-state index in [1.807, 2.05) is 31.1 Å². The molecule has 380 valence electrons. The van der Waals surface area contributed by atoms with Crippen LogP contribution in [0.4, 0.5) is 17.1 Å². The van der Waals surface area contributed by atoms with Gasteiger partial charge in [0.2, 0.25) is 45.5 Å². The number of rotatable bonds is 22. The van der Waals surface area contributed by atoms with E-state index in [2.05, 4.69) is 41.5 Å². The predicted octanol–water partition coefficient (Wildman–Crippen LogP) is -3.16. The van der Waals surface area contributed by atoms with Gasteiger partial charge in [0.1, 0.15) is 48.5 Å². The fourth-order valence-corrected chi connectivity index (χ4v) is 8.34. The molecule has 2 aromatic rings. The first-order valence-corrected chi connectivity index (χ1v) is 23.1. The van der Waals surface area contributed by atoms with Crippen LogP contribution in [0, 0.1) is 0 Å². The third-order valence-electron chi connectivity index (χ3n) is 11.0. The largest absolute Gasteiger partial charge is 0.480 e. The molecule has 27 heteroatoms. The maximum absolute atomic E-state index is 13.5. The van der Waals surface area contributed by atoms with Gasteiger partial charge in [-0.05, 0) is 82.1 Å². The molecule has 2 aliphatic rings. The van der Waals surface area contributed by atoms with E-state index >= 15 is 0 Å². The second-order valence-corrected chi connectivity index (χ2v) is 18.2. The number of amides is 6. The molecule has 0 unspecified atom stereocenters. The lowest BCUT2D eigenvalue weighted by Crippen LogP contribution is -2.66. The fourth-order valence-electron chi connectivity index (χ4n) is 7.14. The third kappa shape index (κ3) is 15.1. The number of nitrogens with one attached hydrogen (secondary N) is 6. The zero-order valence-corrected chi connectivity index (χ0v) is 39.5. The SMILES string of the molecule is CC(=O)N[C@H]1[C@@H](O[C@H](C)[C@H](NC(=O)[C@H](CO)NC(=O)CNC(=O)[C@@H]2CCCN2C(=O)[C@H](C)NS(=O)(=O)c2ccc(N=Nc3ccc(N(C)C)cc3)cc2)C(=O)N[C@@H](C)C(=O)O)O[C@H](CO)[C@H](O)[C@@H]1O. The van der Waals surface area contributed by atoms with Crippen LogP contribution >= 0.6 is 0 Å². The van der Waals surface area contributed by atoms with E-state index in [-0.39, 0.29) is 17.9 Å². The van der Waals surface area contributed by atoms with Crippen LogP contribution in [0.25, 0.3) is 0 Å². The maximum atomic E-state index is 13.5. The van der Waals surface area contributed by atoms with Crippen LogP contribution in [0.3, 0.4) is 0 Å². The summed E-state index contributed by atoms with van der Waals surface area (Å²) in [4.78, 5) is 93.1. The lowest BCUT2D eigenvalue weighted by molar-refractivity contribution is -0.281. The summed E-state index contributed by atoms with van der Waals surface area (Å²) in [5.74, 6) is -7.01. The zero-order chi connectivity index (χ0) is 51.3. The molecule has 0 bridgehead atoms. The van der Waals surface area contributed by atoms with E-state index in [0.29, 0.717) is 17.8 Å². The Labute approximate surface area is 397 Å². The monoisotopic (exact) mass is 992 g/mol. The molecule has 0 aliphatic carbocycles. The van der Waals surface area contributed by atoms with E-state index in [1.165, 1.54) is 43.0 Å². The quantitative estimate of drug-likeness (QED) is 0.0519. The van der Waals surface area contributed by atoms with Crippen LogP contribution in [-0.2, 0) is 53.1 Å². The average Bonchev–Trinajstić information content (AvgIpc) is 3.80. The number of hydrogen-bond acceptors (Lipinski definition) is 18. The first-order chi connectivity index (χ1) is 32.5. The van der Waals surface area contributed by atoms with Gasteiger partial charge in [-0.3, -0.25) is 33.6 Å². The average molecular weight is 993 g/mol. The van der Waals surface area contributed by atoms with Crippen molar-refractivity contribution >= 4 is 68.5 Å². The van der Waals surface area contributed by atoms with Crippen molar-refractivity contribution in [2.45, 2.75) is 112 Å². The Morgan fingerprint density at radius 2 is 1.48 bits per heavy atom. The molecule has 2 saturated heterocycles. The number of aliphatic hydroxyl groups is 4. The van der Waals surface area contributed by atoms with E-state index < -0.39 is 138 Å². The standard InChI is InChI=1S/C42H60N10O16S/c1-21(50-69(65,66)28-15-11-26(12-16-28)49-48-25-9-13-27(14-10-25)51(5)6)40(62)52-17-7-8-30(52)38(60)43-18-32(56)46-29(19-53)37(59)47-33(39(61)44-22(2)41(63)64)23(3)67-42-34(45-24(4)55)36(58)35(57)31(20-54)68-42/h9-16,21-23,29-31,33-36,42,50,53-54,57-58H,7-8,17-20H2,1-6H3,(H,43,60)(H,44,61)(H,45,55)(H,46,56)(H,47,59)(H,63,64)/t21-,22-,23+,29-,30-,31+,33-,34+,35-,36+,42-/m0/s1.